The van der Waals surface area contributed by atoms with Gasteiger partial charge in [-0.05, 0) is 18.6 Å². The van der Waals surface area contributed by atoms with Crippen LogP contribution in [0.1, 0.15) is 18.9 Å². The van der Waals surface area contributed by atoms with E-state index < -0.39 is 0 Å². The predicted octanol–water partition coefficient (Wildman–Crippen LogP) is 3.27. The van der Waals surface area contributed by atoms with Crippen LogP contribution in [0.5, 0.6) is 0 Å². The molecule has 0 spiro atoms. The summed E-state index contributed by atoms with van der Waals surface area (Å²) in [6.07, 6.45) is 6.84. The van der Waals surface area contributed by atoms with E-state index in [9.17, 15) is 0 Å². The zero-order valence-electron chi connectivity index (χ0n) is 9.27. The second-order valence-corrected chi connectivity index (χ2v) is 3.50. The van der Waals surface area contributed by atoms with Crippen LogP contribution in [-0.4, -0.2) is 10.2 Å². The van der Waals surface area contributed by atoms with E-state index in [4.69, 9.17) is 0 Å². The third kappa shape index (κ3) is 2.51. The fourth-order valence-electron chi connectivity index (χ4n) is 1.52. The summed E-state index contributed by atoms with van der Waals surface area (Å²) in [7, 11) is 0. The maximum atomic E-state index is 3.96. The van der Waals surface area contributed by atoms with E-state index in [1.165, 1.54) is 0 Å². The van der Waals surface area contributed by atoms with Crippen LogP contribution in [0.4, 0.5) is 5.69 Å². The molecule has 0 bridgehead atoms. The smallest absolute Gasteiger partial charge is 0.0580 e. The van der Waals surface area contributed by atoms with Crippen molar-refractivity contribution < 1.29 is 0 Å². The first kappa shape index (κ1) is 10.5. The van der Waals surface area contributed by atoms with Gasteiger partial charge in [-0.1, -0.05) is 31.2 Å². The Morgan fingerprint density at radius 1 is 1.38 bits per heavy atom. The number of para-hydroxylation sites is 1. The summed E-state index contributed by atoms with van der Waals surface area (Å²) in [6, 6.07) is 10.1. The lowest BCUT2D eigenvalue weighted by Crippen LogP contribution is -1.97. The molecule has 2 N–H and O–H groups in total. The molecule has 0 radical (unpaired) electrons. The summed E-state index contributed by atoms with van der Waals surface area (Å²) in [5.74, 6) is 0. The zero-order valence-corrected chi connectivity index (χ0v) is 9.27. The number of H-pyrrole nitrogens is 1. The number of hydrogen-bond acceptors (Lipinski definition) is 2. The van der Waals surface area contributed by atoms with E-state index in [0.29, 0.717) is 0 Å². The highest BCUT2D eigenvalue weighted by molar-refractivity contribution is 5.75. The minimum atomic E-state index is 0.986. The van der Waals surface area contributed by atoms with Crippen LogP contribution in [0.3, 0.4) is 0 Å². The first-order valence-corrected chi connectivity index (χ1v) is 5.41. The number of benzene rings is 1. The molecule has 2 aromatic rings. The Balaban J connectivity index is 2.20. The lowest BCUT2D eigenvalue weighted by Gasteiger charge is -2.08. The highest BCUT2D eigenvalue weighted by atomic mass is 15.1. The molecule has 0 atom stereocenters. The molecule has 0 unspecified atom stereocenters. The normalized spacial score (nSPS) is 11.4. The summed E-state index contributed by atoms with van der Waals surface area (Å²) in [6.45, 7) is 2.12. The minimum Gasteiger partial charge on any atom is -0.355 e. The van der Waals surface area contributed by atoms with Gasteiger partial charge in [0, 0.05) is 23.1 Å². The van der Waals surface area contributed by atoms with Crippen LogP contribution in [0.25, 0.3) is 5.70 Å². The van der Waals surface area contributed by atoms with Gasteiger partial charge in [0.15, 0.2) is 0 Å². The number of rotatable bonds is 4. The number of nitrogens with one attached hydrogen (secondary N) is 2. The Bertz CT molecular complexity index is 443. The second-order valence-electron chi connectivity index (χ2n) is 3.50. The molecule has 0 amide bonds. The van der Waals surface area contributed by atoms with Gasteiger partial charge in [-0.15, -0.1) is 0 Å². The van der Waals surface area contributed by atoms with Crippen molar-refractivity contribution in [2.24, 2.45) is 0 Å². The van der Waals surface area contributed by atoms with E-state index in [0.717, 1.165) is 23.4 Å². The zero-order chi connectivity index (χ0) is 11.2. The molecule has 0 aliphatic rings. The van der Waals surface area contributed by atoms with Crippen LogP contribution >= 0.6 is 0 Å². The minimum absolute atomic E-state index is 0.986. The predicted molar refractivity (Wildman–Crippen MR) is 66.9 cm³/mol. The maximum Gasteiger partial charge on any atom is 0.0580 e. The van der Waals surface area contributed by atoms with E-state index in [1.54, 1.807) is 0 Å². The van der Waals surface area contributed by atoms with Gasteiger partial charge in [-0.25, -0.2) is 0 Å². The van der Waals surface area contributed by atoms with Crippen LogP contribution in [0.2, 0.25) is 0 Å². The molecule has 0 aliphatic heterocycles. The molecule has 1 aromatic carbocycles. The van der Waals surface area contributed by atoms with Crippen molar-refractivity contribution in [3.8, 4) is 0 Å². The molecular formula is C13H15N3. The van der Waals surface area contributed by atoms with Gasteiger partial charge in [0.05, 0.1) is 6.20 Å². The number of aromatic nitrogens is 2. The Morgan fingerprint density at radius 3 is 2.81 bits per heavy atom. The van der Waals surface area contributed by atoms with Crippen LogP contribution in [-0.2, 0) is 0 Å². The molecule has 0 saturated heterocycles. The van der Waals surface area contributed by atoms with Gasteiger partial charge in [0.1, 0.15) is 0 Å². The van der Waals surface area contributed by atoms with Gasteiger partial charge in [0.2, 0.25) is 0 Å². The quantitative estimate of drug-likeness (QED) is 0.818. The monoisotopic (exact) mass is 213 g/mol. The third-order valence-electron chi connectivity index (χ3n) is 2.27. The average molecular weight is 213 g/mol. The summed E-state index contributed by atoms with van der Waals surface area (Å²) in [5.41, 5.74) is 3.25. The first-order chi connectivity index (χ1) is 7.90. The van der Waals surface area contributed by atoms with Crippen molar-refractivity contribution in [2.75, 3.05) is 5.32 Å². The molecule has 0 aliphatic carbocycles. The number of anilines is 1. The van der Waals surface area contributed by atoms with Crippen molar-refractivity contribution in [2.45, 2.75) is 13.3 Å². The molecule has 2 rings (SSSR count). The van der Waals surface area contributed by atoms with Crippen LogP contribution in [0, 0.1) is 0 Å². The Labute approximate surface area is 95.2 Å². The molecular weight excluding hydrogens is 198 g/mol. The summed E-state index contributed by atoms with van der Waals surface area (Å²) < 4.78 is 0. The highest BCUT2D eigenvalue weighted by Gasteiger charge is 2.01. The van der Waals surface area contributed by atoms with Crippen molar-refractivity contribution in [3.63, 3.8) is 0 Å². The van der Waals surface area contributed by atoms with Crippen LogP contribution < -0.4 is 5.32 Å². The highest BCUT2D eigenvalue weighted by Crippen LogP contribution is 2.17. The van der Waals surface area contributed by atoms with Gasteiger partial charge in [-0.3, -0.25) is 5.10 Å². The second kappa shape index (κ2) is 5.16. The number of nitrogens with zero attached hydrogens (tertiary/aromatic N) is 1. The van der Waals surface area contributed by atoms with Gasteiger partial charge < -0.3 is 5.32 Å². The van der Waals surface area contributed by atoms with E-state index in [2.05, 4.69) is 28.5 Å². The molecule has 0 fully saturated rings. The number of aromatic amines is 1. The third-order valence-corrected chi connectivity index (χ3v) is 2.27. The summed E-state index contributed by atoms with van der Waals surface area (Å²) in [4.78, 5) is 0. The molecule has 0 saturated carbocycles. The first-order valence-electron chi connectivity index (χ1n) is 5.41. The van der Waals surface area contributed by atoms with Crippen molar-refractivity contribution >= 4 is 11.4 Å². The standard InChI is InChI=1S/C13H15N3/c1-2-6-13(11-9-14-15-10-11)16-12-7-4-3-5-8-12/h3-10,16H,2H2,1H3,(H,14,15). The Kier molecular flexibility index (Phi) is 3.38. The molecule has 3 heteroatoms. The lowest BCUT2D eigenvalue weighted by molar-refractivity contribution is 1.09. The summed E-state index contributed by atoms with van der Waals surface area (Å²) in [5, 5.41) is 10.2. The Morgan fingerprint density at radius 2 is 2.19 bits per heavy atom. The van der Waals surface area contributed by atoms with Gasteiger partial charge in [-0.2, -0.15) is 5.10 Å². The van der Waals surface area contributed by atoms with Crippen molar-refractivity contribution in [1.29, 1.82) is 0 Å². The largest absolute Gasteiger partial charge is 0.355 e. The number of hydrogen-bond donors (Lipinski definition) is 2. The van der Waals surface area contributed by atoms with Crippen molar-refractivity contribution in [3.05, 3.63) is 54.4 Å². The fraction of sp³-hybridized carbons (Fsp3) is 0.154. The molecule has 1 heterocycles. The van der Waals surface area contributed by atoms with E-state index in [1.807, 2.05) is 42.7 Å². The Hall–Kier alpha value is -2.03. The van der Waals surface area contributed by atoms with Crippen LogP contribution in [0.15, 0.2) is 48.8 Å². The van der Waals surface area contributed by atoms with E-state index in [-0.39, 0.29) is 0 Å². The molecule has 82 valence electrons. The topological polar surface area (TPSA) is 40.7 Å². The number of allylic oxidation sites excluding steroid dienone is 1. The van der Waals surface area contributed by atoms with Gasteiger partial charge >= 0.3 is 0 Å². The van der Waals surface area contributed by atoms with E-state index >= 15 is 0 Å². The molecule has 1 aromatic heterocycles. The fourth-order valence-corrected chi connectivity index (χ4v) is 1.52. The average Bonchev–Trinajstić information content (AvgIpc) is 2.83. The SMILES string of the molecule is CCC=C(Nc1ccccc1)c1cn[nH]c1. The van der Waals surface area contributed by atoms with Gasteiger partial charge in [0.25, 0.3) is 0 Å². The van der Waals surface area contributed by atoms with Crippen molar-refractivity contribution in [1.82, 2.24) is 10.2 Å². The maximum absolute atomic E-state index is 3.96. The molecule has 3 nitrogen and oxygen atoms in total. The lowest BCUT2D eigenvalue weighted by atomic mass is 10.2. The molecule has 16 heavy (non-hydrogen) atoms. The summed E-state index contributed by atoms with van der Waals surface area (Å²) >= 11 is 0.